The van der Waals surface area contributed by atoms with Gasteiger partial charge in [-0.25, -0.2) is 0 Å². The fraction of sp³-hybridized carbons (Fsp3) is 0.231. The van der Waals surface area contributed by atoms with Crippen LogP contribution in [-0.4, -0.2) is 24.0 Å². The minimum Gasteiger partial charge on any atom is -0.370 e. The van der Waals surface area contributed by atoms with Crippen molar-refractivity contribution >= 4 is 33.7 Å². The van der Waals surface area contributed by atoms with E-state index in [9.17, 15) is 4.79 Å². The van der Waals surface area contributed by atoms with Crippen molar-refractivity contribution in [1.82, 2.24) is 5.16 Å². The molecule has 0 spiro atoms. The molecule has 1 aliphatic heterocycles. The molecule has 5 heteroatoms. The summed E-state index contributed by atoms with van der Waals surface area (Å²) in [5.74, 6) is 0.697. The molecule has 1 fully saturated rings. The van der Waals surface area contributed by atoms with Crippen LogP contribution in [0.1, 0.15) is 39.9 Å². The van der Waals surface area contributed by atoms with Crippen LogP contribution in [0.25, 0.3) is 22.2 Å². The number of hydrogen-bond acceptors (Lipinski definition) is 5. The zero-order valence-corrected chi connectivity index (χ0v) is 17.7. The van der Waals surface area contributed by atoms with Gasteiger partial charge in [-0.3, -0.25) is 4.79 Å². The predicted octanol–water partition coefficient (Wildman–Crippen LogP) is 6.00. The maximum Gasteiger partial charge on any atom is 0.196 e. The molecule has 1 N–H and O–H groups in total. The maximum absolute atomic E-state index is 13.7. The number of carbonyl (C=O) groups is 1. The number of anilines is 3. The second-order valence-electron chi connectivity index (χ2n) is 8.57. The Kier molecular flexibility index (Phi) is 3.93. The minimum absolute atomic E-state index is 0.0112. The van der Waals surface area contributed by atoms with E-state index in [0.29, 0.717) is 16.9 Å². The average molecular weight is 409 g/mol. The van der Waals surface area contributed by atoms with Crippen molar-refractivity contribution in [3.63, 3.8) is 0 Å². The summed E-state index contributed by atoms with van der Waals surface area (Å²) in [6.07, 6.45) is 2.32. The van der Waals surface area contributed by atoms with Crippen LogP contribution in [-0.2, 0) is 0 Å². The van der Waals surface area contributed by atoms with E-state index in [1.54, 1.807) is 0 Å². The highest BCUT2D eigenvalue weighted by Crippen LogP contribution is 2.46. The summed E-state index contributed by atoms with van der Waals surface area (Å²) in [5.41, 5.74) is 8.06. The molecule has 0 unspecified atom stereocenters. The number of fused-ring (bicyclic) bond motifs is 2. The van der Waals surface area contributed by atoms with Gasteiger partial charge in [-0.15, -0.1) is 0 Å². The fourth-order valence-corrected chi connectivity index (χ4v) is 4.86. The highest BCUT2D eigenvalue weighted by Gasteiger charge is 2.34. The molecule has 2 heterocycles. The van der Waals surface area contributed by atoms with E-state index in [4.69, 9.17) is 4.52 Å². The van der Waals surface area contributed by atoms with Gasteiger partial charge in [0.25, 0.3) is 0 Å². The highest BCUT2D eigenvalue weighted by atomic mass is 16.5. The molecule has 0 amide bonds. The predicted molar refractivity (Wildman–Crippen MR) is 124 cm³/mol. The molecule has 0 saturated carbocycles. The van der Waals surface area contributed by atoms with Crippen LogP contribution >= 0.6 is 0 Å². The first-order chi connectivity index (χ1) is 15.1. The number of nitrogens with one attached hydrogen (secondary N) is 1. The van der Waals surface area contributed by atoms with Crippen molar-refractivity contribution in [2.24, 2.45) is 0 Å². The molecule has 6 rings (SSSR count). The lowest BCUT2D eigenvalue weighted by atomic mass is 9.86. The molecule has 1 aliphatic carbocycles. The van der Waals surface area contributed by atoms with Gasteiger partial charge in [0.15, 0.2) is 11.5 Å². The molecular formula is C26H23N3O2. The Bertz CT molecular complexity index is 1360. The van der Waals surface area contributed by atoms with E-state index < -0.39 is 0 Å². The van der Waals surface area contributed by atoms with E-state index in [2.05, 4.69) is 53.5 Å². The highest BCUT2D eigenvalue weighted by molar-refractivity contribution is 6.28. The summed E-state index contributed by atoms with van der Waals surface area (Å²) in [7, 11) is 0. The van der Waals surface area contributed by atoms with E-state index >= 15 is 0 Å². The molecule has 1 saturated heterocycles. The largest absolute Gasteiger partial charge is 0.370 e. The van der Waals surface area contributed by atoms with Crippen molar-refractivity contribution in [3.8, 4) is 11.3 Å². The van der Waals surface area contributed by atoms with Crippen LogP contribution < -0.4 is 10.2 Å². The van der Waals surface area contributed by atoms with Crippen LogP contribution in [0.5, 0.6) is 0 Å². The first-order valence-electron chi connectivity index (χ1n) is 10.8. The second-order valence-corrected chi connectivity index (χ2v) is 8.57. The van der Waals surface area contributed by atoms with Gasteiger partial charge in [-0.05, 0) is 49.9 Å². The number of aromatic nitrogens is 1. The smallest absolute Gasteiger partial charge is 0.196 e. The van der Waals surface area contributed by atoms with Crippen LogP contribution in [0.15, 0.2) is 53.1 Å². The summed E-state index contributed by atoms with van der Waals surface area (Å²) in [6.45, 7) is 6.14. The Hall–Kier alpha value is -3.60. The number of nitrogens with zero attached hydrogens (tertiary/aromatic N) is 2. The van der Waals surface area contributed by atoms with Gasteiger partial charge in [-0.1, -0.05) is 41.6 Å². The minimum atomic E-state index is 0.0112. The molecule has 3 aromatic carbocycles. The maximum atomic E-state index is 13.7. The van der Waals surface area contributed by atoms with Gasteiger partial charge in [0.05, 0.1) is 22.3 Å². The Morgan fingerprint density at radius 3 is 2.55 bits per heavy atom. The van der Waals surface area contributed by atoms with Crippen molar-refractivity contribution in [2.45, 2.75) is 26.7 Å². The number of benzene rings is 3. The molecule has 0 atom stereocenters. The normalized spacial score (nSPS) is 14.9. The van der Waals surface area contributed by atoms with Crippen LogP contribution in [0.3, 0.4) is 0 Å². The third kappa shape index (κ3) is 2.69. The van der Waals surface area contributed by atoms with Gasteiger partial charge in [0, 0.05) is 29.9 Å². The summed E-state index contributed by atoms with van der Waals surface area (Å²) in [5, 5.41) is 8.86. The summed E-state index contributed by atoms with van der Waals surface area (Å²) < 4.78 is 5.86. The molecule has 154 valence electrons. The number of hydrogen-bond donors (Lipinski definition) is 1. The Morgan fingerprint density at radius 2 is 1.74 bits per heavy atom. The van der Waals surface area contributed by atoms with Gasteiger partial charge in [-0.2, -0.15) is 0 Å². The summed E-state index contributed by atoms with van der Waals surface area (Å²) in [6, 6.07) is 16.0. The van der Waals surface area contributed by atoms with Crippen LogP contribution in [0.2, 0.25) is 0 Å². The van der Waals surface area contributed by atoms with E-state index in [0.717, 1.165) is 65.0 Å². The molecule has 2 aliphatic rings. The second kappa shape index (κ2) is 6.71. The standard InChI is InChI=1S/C26H23N3O2/c1-15-9-10-16(2)19(13-15)27-20-14-21(29-11-5-6-12-29)24-23-22(20)25(30)17-7-3-4-8-18(17)26(23)31-28-24/h3-4,7-10,13-14,27H,5-6,11-12H2,1-2H3. The zero-order chi connectivity index (χ0) is 21.1. The lowest BCUT2D eigenvalue weighted by molar-refractivity contribution is 0.104. The van der Waals surface area contributed by atoms with Crippen LogP contribution in [0.4, 0.5) is 17.1 Å². The quantitative estimate of drug-likeness (QED) is 0.396. The average Bonchev–Trinajstić information content (AvgIpc) is 3.46. The molecule has 4 aromatic rings. The third-order valence-corrected chi connectivity index (χ3v) is 6.49. The van der Waals surface area contributed by atoms with Gasteiger partial charge in [0.1, 0.15) is 5.52 Å². The van der Waals surface area contributed by atoms with E-state index in [1.165, 1.54) is 5.56 Å². The topological polar surface area (TPSA) is 58.4 Å². The lowest BCUT2D eigenvalue weighted by Gasteiger charge is -2.23. The molecular weight excluding hydrogens is 386 g/mol. The van der Waals surface area contributed by atoms with Crippen molar-refractivity contribution in [2.75, 3.05) is 23.3 Å². The van der Waals surface area contributed by atoms with Gasteiger partial charge >= 0.3 is 0 Å². The third-order valence-electron chi connectivity index (χ3n) is 6.49. The van der Waals surface area contributed by atoms with Crippen molar-refractivity contribution in [1.29, 1.82) is 0 Å². The van der Waals surface area contributed by atoms with Crippen LogP contribution in [0, 0.1) is 13.8 Å². The first kappa shape index (κ1) is 18.2. The SMILES string of the molecule is Cc1ccc(C)c(Nc2cc(N3CCCC3)c3noc4c3c2C(=O)c2ccccc2-4)c1. The number of aryl methyl sites for hydroxylation is 2. The molecule has 5 nitrogen and oxygen atoms in total. The summed E-state index contributed by atoms with van der Waals surface area (Å²) in [4.78, 5) is 16.0. The van der Waals surface area contributed by atoms with Gasteiger partial charge < -0.3 is 14.7 Å². The lowest BCUT2D eigenvalue weighted by Crippen LogP contribution is -2.19. The Labute approximate surface area is 180 Å². The van der Waals surface area contributed by atoms with E-state index in [-0.39, 0.29) is 5.78 Å². The Balaban J connectivity index is 1.64. The first-order valence-corrected chi connectivity index (χ1v) is 10.8. The molecule has 0 bridgehead atoms. The summed E-state index contributed by atoms with van der Waals surface area (Å²) >= 11 is 0. The number of rotatable bonds is 3. The number of carbonyl (C=O) groups excluding carboxylic acids is 1. The van der Waals surface area contributed by atoms with Crippen molar-refractivity contribution < 1.29 is 9.32 Å². The fourth-order valence-electron chi connectivity index (χ4n) is 4.86. The zero-order valence-electron chi connectivity index (χ0n) is 17.7. The van der Waals surface area contributed by atoms with Gasteiger partial charge in [0.2, 0.25) is 0 Å². The number of ketones is 1. The molecule has 31 heavy (non-hydrogen) atoms. The monoisotopic (exact) mass is 409 g/mol. The molecule has 0 radical (unpaired) electrons. The Morgan fingerprint density at radius 1 is 0.968 bits per heavy atom. The molecule has 1 aromatic heterocycles. The van der Waals surface area contributed by atoms with E-state index in [1.807, 2.05) is 24.3 Å². The van der Waals surface area contributed by atoms with Crippen molar-refractivity contribution in [3.05, 3.63) is 70.8 Å².